The lowest BCUT2D eigenvalue weighted by molar-refractivity contribution is -0.147. The summed E-state index contributed by atoms with van der Waals surface area (Å²) in [7, 11) is 0. The smallest absolute Gasteiger partial charge is 0.306 e. The van der Waals surface area contributed by atoms with Gasteiger partial charge in [-0.15, -0.1) is 0 Å². The van der Waals surface area contributed by atoms with Crippen LogP contribution in [0.5, 0.6) is 0 Å². The minimum atomic E-state index is -0.756. The van der Waals surface area contributed by atoms with Crippen molar-refractivity contribution in [1.29, 1.82) is 0 Å². The topological polar surface area (TPSA) is 63.6 Å². The van der Waals surface area contributed by atoms with Crippen LogP contribution in [0.1, 0.15) is 142 Å². The lowest BCUT2D eigenvalue weighted by Crippen LogP contribution is -2.16. The SMILES string of the molecule is CC/C=C\C/C=C\C/C=C\C/C=C\C(CCCCCC(=O)O)OC(=O)CCCCCCC/C=C\C/C=C\CCCC. The molecule has 0 amide bonds. The molecular weight excluding hydrogens is 508 g/mol. The van der Waals surface area contributed by atoms with E-state index in [0.29, 0.717) is 12.8 Å². The van der Waals surface area contributed by atoms with Gasteiger partial charge in [-0.3, -0.25) is 9.59 Å². The number of hydrogen-bond donors (Lipinski definition) is 1. The van der Waals surface area contributed by atoms with Crippen LogP contribution in [0.3, 0.4) is 0 Å². The van der Waals surface area contributed by atoms with Crippen molar-refractivity contribution < 1.29 is 19.4 Å². The van der Waals surface area contributed by atoms with Crippen molar-refractivity contribution in [1.82, 2.24) is 0 Å². The van der Waals surface area contributed by atoms with E-state index in [9.17, 15) is 9.59 Å². The van der Waals surface area contributed by atoms with Gasteiger partial charge in [-0.2, -0.15) is 0 Å². The molecular formula is C37H60O4. The van der Waals surface area contributed by atoms with E-state index < -0.39 is 5.97 Å². The van der Waals surface area contributed by atoms with Crippen LogP contribution < -0.4 is 0 Å². The van der Waals surface area contributed by atoms with E-state index in [1.807, 2.05) is 6.08 Å². The molecule has 1 atom stereocenters. The first-order chi connectivity index (χ1) is 20.1. The zero-order valence-corrected chi connectivity index (χ0v) is 26.3. The second-order valence-electron chi connectivity index (χ2n) is 10.6. The fourth-order valence-corrected chi connectivity index (χ4v) is 4.23. The number of esters is 1. The molecule has 0 saturated carbocycles. The van der Waals surface area contributed by atoms with Gasteiger partial charge in [-0.05, 0) is 83.1 Å². The van der Waals surface area contributed by atoms with Crippen molar-refractivity contribution >= 4 is 11.9 Å². The number of aliphatic carboxylic acids is 1. The molecule has 232 valence electrons. The summed E-state index contributed by atoms with van der Waals surface area (Å²) in [6.45, 7) is 4.36. The summed E-state index contributed by atoms with van der Waals surface area (Å²) in [6.07, 6.45) is 44.8. The molecule has 0 spiro atoms. The molecule has 4 heteroatoms. The van der Waals surface area contributed by atoms with Crippen LogP contribution in [-0.4, -0.2) is 23.1 Å². The third-order valence-electron chi connectivity index (χ3n) is 6.65. The molecule has 0 aromatic carbocycles. The van der Waals surface area contributed by atoms with Crippen molar-refractivity contribution in [3.8, 4) is 0 Å². The quantitative estimate of drug-likeness (QED) is 0.0579. The Kier molecular flexibility index (Phi) is 29.9. The van der Waals surface area contributed by atoms with Gasteiger partial charge in [0.25, 0.3) is 0 Å². The third kappa shape index (κ3) is 31.8. The molecule has 0 rings (SSSR count). The average molecular weight is 569 g/mol. The summed E-state index contributed by atoms with van der Waals surface area (Å²) in [5, 5.41) is 8.84. The summed E-state index contributed by atoms with van der Waals surface area (Å²) < 4.78 is 5.79. The Balaban J connectivity index is 4.22. The van der Waals surface area contributed by atoms with E-state index in [4.69, 9.17) is 9.84 Å². The third-order valence-corrected chi connectivity index (χ3v) is 6.65. The number of ether oxygens (including phenoxy) is 1. The van der Waals surface area contributed by atoms with Gasteiger partial charge >= 0.3 is 11.9 Å². The van der Waals surface area contributed by atoms with E-state index in [1.165, 1.54) is 32.1 Å². The molecule has 4 nitrogen and oxygen atoms in total. The highest BCUT2D eigenvalue weighted by Gasteiger charge is 2.11. The molecule has 0 aromatic heterocycles. The molecule has 1 N–H and O–H groups in total. The van der Waals surface area contributed by atoms with Gasteiger partial charge in [-0.1, -0.05) is 119 Å². The zero-order chi connectivity index (χ0) is 30.1. The van der Waals surface area contributed by atoms with Crippen molar-refractivity contribution in [3.63, 3.8) is 0 Å². The Bertz CT molecular complexity index is 785. The van der Waals surface area contributed by atoms with Crippen molar-refractivity contribution in [2.45, 2.75) is 148 Å². The van der Waals surface area contributed by atoms with Crippen LogP contribution in [0.15, 0.2) is 72.9 Å². The number of carboxylic acid groups (broad SMARTS) is 1. The minimum absolute atomic E-state index is 0.127. The Labute approximate surface area is 252 Å². The van der Waals surface area contributed by atoms with Gasteiger partial charge in [0.2, 0.25) is 0 Å². The van der Waals surface area contributed by atoms with E-state index in [-0.39, 0.29) is 18.5 Å². The van der Waals surface area contributed by atoms with E-state index >= 15 is 0 Å². The number of hydrogen-bond acceptors (Lipinski definition) is 3. The van der Waals surface area contributed by atoms with Gasteiger partial charge < -0.3 is 9.84 Å². The van der Waals surface area contributed by atoms with Gasteiger partial charge in [0, 0.05) is 12.8 Å². The zero-order valence-electron chi connectivity index (χ0n) is 26.3. The molecule has 0 fully saturated rings. The highest BCUT2D eigenvalue weighted by molar-refractivity contribution is 5.69. The maximum absolute atomic E-state index is 12.5. The lowest BCUT2D eigenvalue weighted by atomic mass is 10.1. The number of carboxylic acids is 1. The number of unbranched alkanes of at least 4 members (excludes halogenated alkanes) is 9. The van der Waals surface area contributed by atoms with Crippen molar-refractivity contribution in [2.24, 2.45) is 0 Å². The van der Waals surface area contributed by atoms with Crippen molar-refractivity contribution in [3.05, 3.63) is 72.9 Å². The Morgan fingerprint density at radius 1 is 0.585 bits per heavy atom. The highest BCUT2D eigenvalue weighted by atomic mass is 16.5. The van der Waals surface area contributed by atoms with Crippen molar-refractivity contribution in [2.75, 3.05) is 0 Å². The number of carbonyl (C=O) groups excluding carboxylic acids is 1. The first-order valence-corrected chi connectivity index (χ1v) is 16.4. The standard InChI is InChI=1S/C37H60O4/c1-3-5-7-9-11-13-15-16-17-19-21-23-25-30-34-37(40)41-35(32-28-26-29-33-36(38)39)31-27-24-22-20-18-14-12-10-8-6-4-2/h6,8-9,11-12,14-16,20,22,27,31,35H,3-5,7,10,13,17-19,21,23-26,28-30,32-34H2,1-2H3,(H,38,39)/b8-6-,11-9-,14-12-,16-15-,22-20-,31-27-. The number of allylic oxidation sites excluding steroid dienone is 11. The minimum Gasteiger partial charge on any atom is -0.481 e. The molecule has 0 radical (unpaired) electrons. The number of carbonyl (C=O) groups is 2. The summed E-state index contributed by atoms with van der Waals surface area (Å²) in [5.41, 5.74) is 0. The Morgan fingerprint density at radius 2 is 1.10 bits per heavy atom. The van der Waals surface area contributed by atoms with Crippen LogP contribution >= 0.6 is 0 Å². The summed E-state index contributed by atoms with van der Waals surface area (Å²) >= 11 is 0. The largest absolute Gasteiger partial charge is 0.481 e. The molecule has 41 heavy (non-hydrogen) atoms. The van der Waals surface area contributed by atoms with Gasteiger partial charge in [0.1, 0.15) is 6.10 Å². The lowest BCUT2D eigenvalue weighted by Gasteiger charge is -2.14. The van der Waals surface area contributed by atoms with E-state index in [1.54, 1.807) is 0 Å². The van der Waals surface area contributed by atoms with Crippen LogP contribution in [0.2, 0.25) is 0 Å². The summed E-state index contributed by atoms with van der Waals surface area (Å²) in [6, 6.07) is 0. The van der Waals surface area contributed by atoms with E-state index in [2.05, 4.69) is 80.7 Å². The molecule has 0 aliphatic rings. The van der Waals surface area contributed by atoms with Crippen LogP contribution in [-0.2, 0) is 14.3 Å². The monoisotopic (exact) mass is 568 g/mol. The molecule has 0 saturated heterocycles. The second-order valence-corrected chi connectivity index (χ2v) is 10.6. The van der Waals surface area contributed by atoms with Crippen LogP contribution in [0.25, 0.3) is 0 Å². The fraction of sp³-hybridized carbons (Fsp3) is 0.622. The van der Waals surface area contributed by atoms with Gasteiger partial charge in [-0.25, -0.2) is 0 Å². The van der Waals surface area contributed by atoms with E-state index in [0.717, 1.165) is 77.0 Å². The predicted molar refractivity (Wildman–Crippen MR) is 176 cm³/mol. The second kappa shape index (κ2) is 31.9. The van der Waals surface area contributed by atoms with Gasteiger partial charge in [0.15, 0.2) is 0 Å². The molecule has 0 aromatic rings. The molecule has 1 unspecified atom stereocenters. The first-order valence-electron chi connectivity index (χ1n) is 16.4. The molecule has 0 aliphatic heterocycles. The fourth-order valence-electron chi connectivity index (χ4n) is 4.23. The molecule has 0 bridgehead atoms. The Morgan fingerprint density at radius 3 is 1.73 bits per heavy atom. The summed E-state index contributed by atoms with van der Waals surface area (Å²) in [5.74, 6) is -0.883. The molecule has 0 aliphatic carbocycles. The summed E-state index contributed by atoms with van der Waals surface area (Å²) in [4.78, 5) is 23.2. The highest BCUT2D eigenvalue weighted by Crippen LogP contribution is 2.14. The Hall–Kier alpha value is -2.62. The number of rotatable bonds is 28. The maximum Gasteiger partial charge on any atom is 0.306 e. The van der Waals surface area contributed by atoms with Gasteiger partial charge in [0.05, 0.1) is 0 Å². The van der Waals surface area contributed by atoms with Crippen LogP contribution in [0.4, 0.5) is 0 Å². The first kappa shape index (κ1) is 38.4. The maximum atomic E-state index is 12.5. The average Bonchev–Trinajstić information content (AvgIpc) is 2.95. The molecule has 0 heterocycles. The van der Waals surface area contributed by atoms with Crippen LogP contribution in [0, 0.1) is 0 Å². The predicted octanol–water partition coefficient (Wildman–Crippen LogP) is 11.2. The normalized spacial score (nSPS) is 13.2.